The van der Waals surface area contributed by atoms with Crippen molar-refractivity contribution in [2.24, 2.45) is 4.99 Å². The smallest absolute Gasteiger partial charge is 0.251 e. The van der Waals surface area contributed by atoms with Crippen molar-refractivity contribution in [1.82, 2.24) is 5.32 Å². The number of anilines is 1. The van der Waals surface area contributed by atoms with Gasteiger partial charge in [0.05, 0.1) is 23.7 Å². The topological polar surface area (TPSA) is 79.8 Å². The summed E-state index contributed by atoms with van der Waals surface area (Å²) in [6.07, 6.45) is 9.29. The summed E-state index contributed by atoms with van der Waals surface area (Å²) in [4.78, 5) is 30.2. The maximum Gasteiger partial charge on any atom is 0.251 e. The largest absolute Gasteiger partial charge is 0.465 e. The fraction of sp³-hybridized carbons (Fsp3) is 0.156. The monoisotopic (exact) mass is 507 g/mol. The van der Waals surface area contributed by atoms with Gasteiger partial charge >= 0.3 is 0 Å². The first-order valence-electron chi connectivity index (χ1n) is 12.3. The minimum absolute atomic E-state index is 0.192. The summed E-state index contributed by atoms with van der Waals surface area (Å²) < 4.78 is 5.46. The van der Waals surface area contributed by atoms with Crippen molar-refractivity contribution in [3.8, 4) is 0 Å². The number of rotatable bonds is 9. The van der Waals surface area contributed by atoms with Crippen LogP contribution in [0.3, 0.4) is 0 Å². The van der Waals surface area contributed by atoms with Crippen LogP contribution in [0.25, 0.3) is 5.70 Å². The second-order valence-corrected chi connectivity index (χ2v) is 8.77. The average Bonchev–Trinajstić information content (AvgIpc) is 2.92. The van der Waals surface area contributed by atoms with Crippen LogP contribution in [0.15, 0.2) is 120 Å². The highest BCUT2D eigenvalue weighted by Gasteiger charge is 2.16. The minimum atomic E-state index is -0.266. The summed E-state index contributed by atoms with van der Waals surface area (Å²) in [6, 6.07) is 14.6. The minimum Gasteiger partial charge on any atom is -0.465 e. The van der Waals surface area contributed by atoms with Gasteiger partial charge < -0.3 is 15.4 Å². The summed E-state index contributed by atoms with van der Waals surface area (Å²) in [5.41, 5.74) is 5.58. The molecule has 0 unspecified atom stereocenters. The number of carbonyl (C=O) groups is 2. The Bertz CT molecular complexity index is 1400. The van der Waals surface area contributed by atoms with Crippen LogP contribution in [0.1, 0.15) is 42.3 Å². The van der Waals surface area contributed by atoms with Crippen LogP contribution in [-0.4, -0.2) is 24.1 Å². The van der Waals surface area contributed by atoms with E-state index >= 15 is 0 Å². The lowest BCUT2D eigenvalue weighted by molar-refractivity contribution is -0.112. The summed E-state index contributed by atoms with van der Waals surface area (Å²) in [6.45, 7) is 15.6. The zero-order valence-electron chi connectivity index (χ0n) is 22.3. The van der Waals surface area contributed by atoms with Crippen LogP contribution in [0, 0.1) is 6.92 Å². The van der Waals surface area contributed by atoms with Crippen molar-refractivity contribution >= 4 is 28.9 Å². The zero-order chi connectivity index (χ0) is 27.7. The van der Waals surface area contributed by atoms with Crippen LogP contribution in [0.5, 0.6) is 0 Å². The normalized spacial score (nSPS) is 15.2. The number of hydrogen-bond acceptors (Lipinski definition) is 4. The van der Waals surface area contributed by atoms with Crippen molar-refractivity contribution < 1.29 is 14.3 Å². The van der Waals surface area contributed by atoms with Crippen LogP contribution >= 0.6 is 0 Å². The van der Waals surface area contributed by atoms with E-state index < -0.39 is 0 Å². The van der Waals surface area contributed by atoms with Crippen molar-refractivity contribution in [3.63, 3.8) is 0 Å². The number of ether oxygens (including phenoxy) is 1. The van der Waals surface area contributed by atoms with Crippen molar-refractivity contribution in [2.45, 2.75) is 27.7 Å². The maximum absolute atomic E-state index is 13.1. The molecule has 0 saturated carbocycles. The highest BCUT2D eigenvalue weighted by molar-refractivity contribution is 6.19. The molecule has 1 aliphatic rings. The lowest BCUT2D eigenvalue weighted by Gasteiger charge is -2.14. The highest BCUT2D eigenvalue weighted by atomic mass is 16.5. The Morgan fingerprint density at radius 3 is 2.37 bits per heavy atom. The molecular formula is C32H33N3O3. The predicted octanol–water partition coefficient (Wildman–Crippen LogP) is 6.67. The Kier molecular flexibility index (Phi) is 9.54. The summed E-state index contributed by atoms with van der Waals surface area (Å²) in [7, 11) is 0. The van der Waals surface area contributed by atoms with E-state index in [1.165, 1.54) is 0 Å². The molecule has 2 amide bonds. The van der Waals surface area contributed by atoms with Gasteiger partial charge in [0.1, 0.15) is 5.76 Å². The molecule has 0 saturated heterocycles. The summed E-state index contributed by atoms with van der Waals surface area (Å²) >= 11 is 0. The number of hydrogen-bond donors (Lipinski definition) is 2. The van der Waals surface area contributed by atoms with E-state index in [9.17, 15) is 9.59 Å². The third-order valence-electron chi connectivity index (χ3n) is 5.92. The third kappa shape index (κ3) is 7.40. The first kappa shape index (κ1) is 27.9. The first-order valence-corrected chi connectivity index (χ1v) is 12.3. The lowest BCUT2D eigenvalue weighted by atomic mass is 9.98. The molecule has 1 aliphatic carbocycles. The molecule has 0 bridgehead atoms. The summed E-state index contributed by atoms with van der Waals surface area (Å²) in [5.74, 6) is 0.624. The number of amides is 2. The molecule has 0 radical (unpaired) electrons. The number of carbonyl (C=O) groups excluding carboxylic acids is 2. The van der Waals surface area contributed by atoms with E-state index in [0.717, 1.165) is 11.1 Å². The van der Waals surface area contributed by atoms with Crippen molar-refractivity contribution in [2.75, 3.05) is 11.9 Å². The number of benzene rings is 2. The Hall–Kier alpha value is -4.71. The molecule has 0 heterocycles. The molecule has 6 heteroatoms. The first-order chi connectivity index (χ1) is 18.2. The SMILES string of the molecule is C=C(CNC(=O)c1ccc(NC(=O)/C(C)=C2\C=CC=CC2=NC(=C)c2ccccc2C)cc1)O/C(C)=C\C. The van der Waals surface area contributed by atoms with Crippen LogP contribution in [-0.2, 0) is 9.53 Å². The van der Waals surface area contributed by atoms with Gasteiger partial charge in [0.15, 0.2) is 0 Å². The van der Waals surface area contributed by atoms with E-state index in [0.29, 0.717) is 45.3 Å². The molecule has 2 aromatic rings. The Morgan fingerprint density at radius 1 is 1.00 bits per heavy atom. The van der Waals surface area contributed by atoms with Gasteiger partial charge in [-0.2, -0.15) is 0 Å². The molecule has 0 spiro atoms. The number of nitrogens with one attached hydrogen (secondary N) is 2. The lowest BCUT2D eigenvalue weighted by Crippen LogP contribution is -2.26. The quantitative estimate of drug-likeness (QED) is 0.294. The molecule has 0 aromatic heterocycles. The van der Waals surface area contributed by atoms with Crippen LogP contribution in [0.2, 0.25) is 0 Å². The second kappa shape index (κ2) is 13.0. The van der Waals surface area contributed by atoms with E-state index in [1.54, 1.807) is 31.2 Å². The number of aliphatic imine (C=N–C) groups is 1. The van der Waals surface area contributed by atoms with Gasteiger partial charge in [0.25, 0.3) is 11.8 Å². The Morgan fingerprint density at radius 2 is 1.68 bits per heavy atom. The average molecular weight is 508 g/mol. The number of aryl methyl sites for hydroxylation is 1. The zero-order valence-corrected chi connectivity index (χ0v) is 22.3. The van der Waals surface area contributed by atoms with Gasteiger partial charge in [-0.25, -0.2) is 4.99 Å². The Labute approximate surface area is 224 Å². The Balaban J connectivity index is 1.68. The predicted molar refractivity (Wildman–Crippen MR) is 156 cm³/mol. The fourth-order valence-electron chi connectivity index (χ4n) is 3.65. The molecule has 38 heavy (non-hydrogen) atoms. The second-order valence-electron chi connectivity index (χ2n) is 8.77. The third-order valence-corrected chi connectivity index (χ3v) is 5.92. The van der Waals surface area contributed by atoms with E-state index in [4.69, 9.17) is 9.73 Å². The van der Waals surface area contributed by atoms with E-state index in [1.807, 2.05) is 75.4 Å². The van der Waals surface area contributed by atoms with E-state index in [2.05, 4.69) is 23.8 Å². The fourth-order valence-corrected chi connectivity index (χ4v) is 3.65. The highest BCUT2D eigenvalue weighted by Crippen LogP contribution is 2.22. The van der Waals surface area contributed by atoms with Crippen molar-refractivity contribution in [1.29, 1.82) is 0 Å². The van der Waals surface area contributed by atoms with Gasteiger partial charge in [-0.1, -0.05) is 55.7 Å². The van der Waals surface area contributed by atoms with E-state index in [-0.39, 0.29) is 18.4 Å². The van der Waals surface area contributed by atoms with Crippen LogP contribution in [0.4, 0.5) is 5.69 Å². The standard InChI is InChI=1S/C32H33N3O3/c1-7-22(3)38-23(4)20-33-32(37)26-16-18-27(19-17-26)35-31(36)24(5)29-14-10-11-15-30(29)34-25(6)28-13-9-8-12-21(28)2/h7-19H,4,6,20H2,1-3,5H3,(H,33,37)(H,35,36)/b22-7-,29-24+,34-30?. The van der Waals surface area contributed by atoms with Gasteiger partial charge in [-0.15, -0.1) is 0 Å². The molecule has 6 nitrogen and oxygen atoms in total. The molecule has 2 aromatic carbocycles. The number of allylic oxidation sites excluding steroid dienone is 7. The van der Waals surface area contributed by atoms with Crippen molar-refractivity contribution in [3.05, 3.63) is 131 Å². The molecule has 3 rings (SSSR count). The molecule has 194 valence electrons. The molecule has 0 aliphatic heterocycles. The van der Waals surface area contributed by atoms with Gasteiger partial charge in [0.2, 0.25) is 0 Å². The number of nitrogens with zero attached hydrogens (tertiary/aromatic N) is 1. The van der Waals surface area contributed by atoms with Gasteiger partial charge in [-0.05, 0) is 69.7 Å². The molecule has 0 fully saturated rings. The molecule has 2 N–H and O–H groups in total. The maximum atomic E-state index is 13.1. The molecular weight excluding hydrogens is 474 g/mol. The van der Waals surface area contributed by atoms with Crippen LogP contribution < -0.4 is 10.6 Å². The molecule has 0 atom stereocenters. The summed E-state index contributed by atoms with van der Waals surface area (Å²) in [5, 5.41) is 5.66. The van der Waals surface area contributed by atoms with Gasteiger partial charge in [-0.3, -0.25) is 9.59 Å². The van der Waals surface area contributed by atoms with Gasteiger partial charge in [0, 0.05) is 28.0 Å².